The van der Waals surface area contributed by atoms with Crippen LogP contribution in [0, 0.1) is 0 Å². The molecule has 0 spiro atoms. The Balaban J connectivity index is 1.47. The minimum atomic E-state index is -3.79. The minimum Gasteiger partial charge on any atom is -0.468 e. The summed E-state index contributed by atoms with van der Waals surface area (Å²) in [7, 11) is -3.79. The molecular weight excluding hydrogens is 438 g/mol. The summed E-state index contributed by atoms with van der Waals surface area (Å²) >= 11 is 0. The van der Waals surface area contributed by atoms with Crippen molar-refractivity contribution in [2.45, 2.75) is 11.5 Å². The lowest BCUT2D eigenvalue weighted by Gasteiger charge is -2.04. The smallest absolute Gasteiger partial charge is 0.238 e. The Labute approximate surface area is 190 Å². The third-order valence-electron chi connectivity index (χ3n) is 5.08. The Bertz CT molecular complexity index is 1530. The second-order valence-corrected chi connectivity index (χ2v) is 8.91. The maximum absolute atomic E-state index is 11.6. The van der Waals surface area contributed by atoms with Gasteiger partial charge in [-0.1, -0.05) is 48.5 Å². The van der Waals surface area contributed by atoms with Crippen molar-refractivity contribution >= 4 is 20.9 Å². The molecule has 164 valence electrons. The van der Waals surface area contributed by atoms with E-state index in [4.69, 9.17) is 14.3 Å². The SMILES string of the molecule is NS(=O)(=O)c1ccc(-c2oc(COc3ccc4ccccc4n3)nc2-c2ccccc2)cc1. The molecule has 2 N–H and O–H groups in total. The molecule has 0 bridgehead atoms. The Morgan fingerprint density at radius 1 is 0.788 bits per heavy atom. The highest BCUT2D eigenvalue weighted by Gasteiger charge is 2.18. The Hall–Kier alpha value is -4.01. The number of hydrogen-bond donors (Lipinski definition) is 1. The van der Waals surface area contributed by atoms with Crippen molar-refractivity contribution in [1.82, 2.24) is 9.97 Å². The average Bonchev–Trinajstić information content (AvgIpc) is 3.27. The third-order valence-corrected chi connectivity index (χ3v) is 6.01. The number of rotatable bonds is 6. The van der Waals surface area contributed by atoms with Crippen LogP contribution >= 0.6 is 0 Å². The van der Waals surface area contributed by atoms with Crippen LogP contribution in [0.25, 0.3) is 33.5 Å². The van der Waals surface area contributed by atoms with Crippen molar-refractivity contribution in [3.05, 3.63) is 96.9 Å². The molecule has 0 atom stereocenters. The van der Waals surface area contributed by atoms with E-state index in [0.717, 1.165) is 16.5 Å². The Morgan fingerprint density at radius 3 is 2.27 bits per heavy atom. The van der Waals surface area contributed by atoms with Gasteiger partial charge in [0.15, 0.2) is 12.4 Å². The van der Waals surface area contributed by atoms with Gasteiger partial charge in [-0.3, -0.25) is 0 Å². The molecule has 8 heteroatoms. The van der Waals surface area contributed by atoms with Crippen molar-refractivity contribution in [3.63, 3.8) is 0 Å². The van der Waals surface area contributed by atoms with Crippen LogP contribution < -0.4 is 9.88 Å². The highest BCUT2D eigenvalue weighted by molar-refractivity contribution is 7.89. The molecule has 2 heterocycles. The molecule has 0 aliphatic carbocycles. The number of ether oxygens (including phenoxy) is 1. The molecule has 0 unspecified atom stereocenters. The van der Waals surface area contributed by atoms with Gasteiger partial charge >= 0.3 is 0 Å². The Morgan fingerprint density at radius 2 is 1.52 bits per heavy atom. The summed E-state index contributed by atoms with van der Waals surface area (Å²) in [5.41, 5.74) is 3.00. The quantitative estimate of drug-likeness (QED) is 0.393. The number of oxazole rings is 1. The van der Waals surface area contributed by atoms with E-state index in [2.05, 4.69) is 9.97 Å². The average molecular weight is 458 g/mol. The molecular formula is C25H19N3O4S. The van der Waals surface area contributed by atoms with Gasteiger partial charge in [-0.15, -0.1) is 0 Å². The summed E-state index contributed by atoms with van der Waals surface area (Å²) in [4.78, 5) is 9.18. The fourth-order valence-electron chi connectivity index (χ4n) is 3.47. The molecule has 3 aromatic carbocycles. The van der Waals surface area contributed by atoms with Gasteiger partial charge in [-0.25, -0.2) is 23.5 Å². The number of sulfonamides is 1. The van der Waals surface area contributed by atoms with E-state index < -0.39 is 10.0 Å². The monoisotopic (exact) mass is 457 g/mol. The van der Waals surface area contributed by atoms with Gasteiger partial charge in [0, 0.05) is 22.6 Å². The number of aromatic nitrogens is 2. The lowest BCUT2D eigenvalue weighted by molar-refractivity contribution is 0.256. The van der Waals surface area contributed by atoms with Crippen LogP contribution in [0.5, 0.6) is 5.88 Å². The van der Waals surface area contributed by atoms with E-state index in [1.165, 1.54) is 12.1 Å². The maximum Gasteiger partial charge on any atom is 0.238 e. The normalized spacial score (nSPS) is 11.5. The van der Waals surface area contributed by atoms with Crippen molar-refractivity contribution in [1.29, 1.82) is 0 Å². The van der Waals surface area contributed by atoms with E-state index in [1.807, 2.05) is 60.7 Å². The van der Waals surface area contributed by atoms with Crippen LogP contribution in [0.4, 0.5) is 0 Å². The maximum atomic E-state index is 11.6. The number of benzene rings is 3. The van der Waals surface area contributed by atoms with Crippen molar-refractivity contribution in [3.8, 4) is 28.5 Å². The van der Waals surface area contributed by atoms with Gasteiger partial charge < -0.3 is 9.15 Å². The fourth-order valence-corrected chi connectivity index (χ4v) is 3.99. The van der Waals surface area contributed by atoms with Crippen LogP contribution in [0.1, 0.15) is 5.89 Å². The van der Waals surface area contributed by atoms with Crippen LogP contribution in [0.15, 0.2) is 100 Å². The first-order valence-corrected chi connectivity index (χ1v) is 11.7. The van der Waals surface area contributed by atoms with Crippen LogP contribution in [0.3, 0.4) is 0 Å². The molecule has 0 saturated carbocycles. The topological polar surface area (TPSA) is 108 Å². The molecule has 0 aliphatic rings. The number of nitrogens with two attached hydrogens (primary N) is 1. The third kappa shape index (κ3) is 4.48. The molecule has 2 aromatic heterocycles. The zero-order valence-electron chi connectivity index (χ0n) is 17.4. The van der Waals surface area contributed by atoms with Gasteiger partial charge in [0.2, 0.25) is 21.8 Å². The second-order valence-electron chi connectivity index (χ2n) is 7.35. The van der Waals surface area contributed by atoms with Crippen LogP contribution in [-0.4, -0.2) is 18.4 Å². The summed E-state index contributed by atoms with van der Waals surface area (Å²) in [5, 5.41) is 6.24. The summed E-state index contributed by atoms with van der Waals surface area (Å²) < 4.78 is 35.1. The summed E-state index contributed by atoms with van der Waals surface area (Å²) in [6.45, 7) is 0.0838. The van der Waals surface area contributed by atoms with E-state index in [1.54, 1.807) is 18.2 Å². The molecule has 7 nitrogen and oxygen atoms in total. The molecule has 0 saturated heterocycles. The molecule has 0 fully saturated rings. The standard InChI is InChI=1S/C25H19N3O4S/c26-33(29,30)20-13-10-19(11-14-20)25-24(18-7-2-1-3-8-18)28-23(32-25)16-31-22-15-12-17-6-4-5-9-21(17)27-22/h1-15H,16H2,(H2,26,29,30). The van der Waals surface area contributed by atoms with Crippen LogP contribution in [-0.2, 0) is 16.6 Å². The lowest BCUT2D eigenvalue weighted by atomic mass is 10.1. The summed E-state index contributed by atoms with van der Waals surface area (Å²) in [6, 6.07) is 27.3. The zero-order chi connectivity index (χ0) is 22.8. The van der Waals surface area contributed by atoms with Gasteiger partial charge in [-0.2, -0.15) is 0 Å². The zero-order valence-corrected chi connectivity index (χ0v) is 18.2. The summed E-state index contributed by atoms with van der Waals surface area (Å²) in [5.74, 6) is 1.34. The number of pyridine rings is 1. The molecule has 5 rings (SSSR count). The predicted molar refractivity (Wildman–Crippen MR) is 125 cm³/mol. The number of fused-ring (bicyclic) bond motifs is 1. The van der Waals surface area contributed by atoms with E-state index in [9.17, 15) is 8.42 Å². The first kappa shape index (κ1) is 20.9. The van der Waals surface area contributed by atoms with Gasteiger partial charge in [0.05, 0.1) is 10.4 Å². The van der Waals surface area contributed by atoms with Gasteiger partial charge in [-0.05, 0) is 36.4 Å². The molecule has 0 amide bonds. The van der Waals surface area contributed by atoms with E-state index >= 15 is 0 Å². The molecule has 0 radical (unpaired) electrons. The molecule has 33 heavy (non-hydrogen) atoms. The van der Waals surface area contributed by atoms with Gasteiger partial charge in [0.1, 0.15) is 5.69 Å². The lowest BCUT2D eigenvalue weighted by Crippen LogP contribution is -2.11. The summed E-state index contributed by atoms with van der Waals surface area (Å²) in [6.07, 6.45) is 0. The van der Waals surface area contributed by atoms with Crippen LogP contribution in [0.2, 0.25) is 0 Å². The Kier molecular flexibility index (Phi) is 5.37. The van der Waals surface area contributed by atoms with Gasteiger partial charge in [0.25, 0.3) is 0 Å². The second kappa shape index (κ2) is 8.50. The number of hydrogen-bond acceptors (Lipinski definition) is 6. The highest BCUT2D eigenvalue weighted by atomic mass is 32.2. The minimum absolute atomic E-state index is 0.0259. The van der Waals surface area contributed by atoms with Crippen molar-refractivity contribution < 1.29 is 17.6 Å². The first-order valence-electron chi connectivity index (χ1n) is 10.1. The van der Waals surface area contributed by atoms with E-state index in [-0.39, 0.29) is 11.5 Å². The predicted octanol–water partition coefficient (Wildman–Crippen LogP) is 4.78. The van der Waals surface area contributed by atoms with E-state index in [0.29, 0.717) is 28.8 Å². The largest absolute Gasteiger partial charge is 0.468 e. The first-order chi connectivity index (χ1) is 16.0. The fraction of sp³-hybridized carbons (Fsp3) is 0.0400. The van der Waals surface area contributed by atoms with Crippen molar-refractivity contribution in [2.75, 3.05) is 0 Å². The molecule has 0 aliphatic heterocycles. The highest BCUT2D eigenvalue weighted by Crippen LogP contribution is 2.33. The molecule has 5 aromatic rings. The number of primary sulfonamides is 1. The number of nitrogens with zero attached hydrogens (tertiary/aromatic N) is 2. The number of para-hydroxylation sites is 1. The van der Waals surface area contributed by atoms with Crippen molar-refractivity contribution in [2.24, 2.45) is 5.14 Å².